The molecule has 0 bridgehead atoms. The van der Waals surface area contributed by atoms with Crippen molar-refractivity contribution in [3.05, 3.63) is 35.3 Å². The van der Waals surface area contributed by atoms with Crippen molar-refractivity contribution in [1.29, 1.82) is 0 Å². The number of hydrogen-bond donors (Lipinski definition) is 0. The van der Waals surface area contributed by atoms with Gasteiger partial charge in [-0.1, -0.05) is 6.92 Å². The monoisotopic (exact) mass is 342 g/mol. The van der Waals surface area contributed by atoms with Crippen molar-refractivity contribution in [3.8, 4) is 0 Å². The van der Waals surface area contributed by atoms with Gasteiger partial charge in [-0.15, -0.1) is 0 Å². The Hall–Kier alpha value is -2.04. The van der Waals surface area contributed by atoms with Crippen molar-refractivity contribution in [2.75, 3.05) is 0 Å². The van der Waals surface area contributed by atoms with Crippen molar-refractivity contribution >= 4 is 11.9 Å². The average molecular weight is 342 g/mol. The molecule has 132 valence electrons. The number of carbonyl (C=O) groups is 2. The van der Waals surface area contributed by atoms with Crippen LogP contribution >= 0.6 is 0 Å². The van der Waals surface area contributed by atoms with Crippen molar-refractivity contribution in [2.45, 2.75) is 58.2 Å². The number of hydrogen-bond acceptors (Lipinski definition) is 5. The molecule has 25 heavy (non-hydrogen) atoms. The SMILES string of the molecule is C[C@@H]1C[C@H]2OC(=O)[C@@]3(C)CCCC(=C23)[C@@]12C[C@@H](c1ccoc1)OC2=O. The summed E-state index contributed by atoms with van der Waals surface area (Å²) in [6.07, 6.45) is 6.74. The van der Waals surface area contributed by atoms with Gasteiger partial charge in [-0.3, -0.25) is 9.59 Å². The van der Waals surface area contributed by atoms with Crippen LogP contribution in [-0.4, -0.2) is 18.0 Å². The van der Waals surface area contributed by atoms with Crippen LogP contribution < -0.4 is 0 Å². The van der Waals surface area contributed by atoms with E-state index in [1.165, 1.54) is 0 Å². The number of ether oxygens (including phenoxy) is 2. The van der Waals surface area contributed by atoms with Gasteiger partial charge >= 0.3 is 11.9 Å². The van der Waals surface area contributed by atoms with Crippen LogP contribution in [0.15, 0.2) is 34.2 Å². The van der Waals surface area contributed by atoms with E-state index in [2.05, 4.69) is 6.92 Å². The first kappa shape index (κ1) is 15.2. The smallest absolute Gasteiger partial charge is 0.317 e. The van der Waals surface area contributed by atoms with E-state index < -0.39 is 10.8 Å². The molecule has 0 unspecified atom stereocenters. The van der Waals surface area contributed by atoms with E-state index in [1.54, 1.807) is 12.5 Å². The lowest BCUT2D eigenvalue weighted by Gasteiger charge is -2.45. The topological polar surface area (TPSA) is 65.7 Å². The van der Waals surface area contributed by atoms with E-state index in [0.29, 0.717) is 12.8 Å². The predicted molar refractivity (Wildman–Crippen MR) is 87.2 cm³/mol. The fraction of sp³-hybridized carbons (Fsp3) is 0.600. The molecule has 2 fully saturated rings. The zero-order valence-corrected chi connectivity index (χ0v) is 14.5. The van der Waals surface area contributed by atoms with E-state index >= 15 is 0 Å². The van der Waals surface area contributed by atoms with Crippen LogP contribution in [0.2, 0.25) is 0 Å². The van der Waals surface area contributed by atoms with E-state index in [4.69, 9.17) is 13.9 Å². The van der Waals surface area contributed by atoms with Crippen LogP contribution in [0.25, 0.3) is 0 Å². The van der Waals surface area contributed by atoms with Crippen LogP contribution in [0.1, 0.15) is 57.6 Å². The van der Waals surface area contributed by atoms with Gasteiger partial charge in [0.05, 0.1) is 23.4 Å². The molecule has 5 nitrogen and oxygen atoms in total. The van der Waals surface area contributed by atoms with E-state index in [1.807, 2.05) is 13.0 Å². The largest absolute Gasteiger partial charge is 0.472 e. The van der Waals surface area contributed by atoms with E-state index in [-0.39, 0.29) is 30.1 Å². The summed E-state index contributed by atoms with van der Waals surface area (Å²) < 4.78 is 16.7. The number of furan rings is 1. The molecule has 0 radical (unpaired) electrons. The first-order valence-corrected chi connectivity index (χ1v) is 9.15. The molecule has 2 saturated heterocycles. The summed E-state index contributed by atoms with van der Waals surface area (Å²) in [5, 5.41) is 0. The summed E-state index contributed by atoms with van der Waals surface area (Å²) in [6.45, 7) is 4.09. The summed E-state index contributed by atoms with van der Waals surface area (Å²) in [5.74, 6) is -0.170. The van der Waals surface area contributed by atoms with Crippen LogP contribution in [0, 0.1) is 16.7 Å². The third kappa shape index (κ3) is 1.74. The summed E-state index contributed by atoms with van der Waals surface area (Å²) in [5.41, 5.74) is 1.95. The minimum atomic E-state index is -0.622. The van der Waals surface area contributed by atoms with Gasteiger partial charge < -0.3 is 13.9 Å². The van der Waals surface area contributed by atoms with Gasteiger partial charge in [0.25, 0.3) is 0 Å². The lowest BCUT2D eigenvalue weighted by molar-refractivity contribution is -0.150. The van der Waals surface area contributed by atoms with Gasteiger partial charge in [0.1, 0.15) is 12.2 Å². The molecule has 3 heterocycles. The molecule has 1 aromatic rings. The summed E-state index contributed by atoms with van der Waals surface area (Å²) in [6, 6.07) is 1.86. The first-order valence-electron chi connectivity index (χ1n) is 9.15. The van der Waals surface area contributed by atoms with Gasteiger partial charge in [0.15, 0.2) is 0 Å². The zero-order valence-electron chi connectivity index (χ0n) is 14.5. The van der Waals surface area contributed by atoms with Crippen molar-refractivity contribution in [2.24, 2.45) is 16.7 Å². The zero-order chi connectivity index (χ0) is 17.4. The summed E-state index contributed by atoms with van der Waals surface area (Å²) >= 11 is 0. The fourth-order valence-electron chi connectivity index (χ4n) is 5.69. The van der Waals surface area contributed by atoms with Crippen molar-refractivity contribution in [1.82, 2.24) is 0 Å². The standard InChI is InChI=1S/C20H22O5/c1-11-8-14-16-13(4-3-6-19(16,2)17(21)24-14)20(11)9-15(25-18(20)22)12-5-7-23-10-12/h5,7,10-11,14-15H,3-4,6,8-9H2,1-2H3/t11-,14-,15+,19+,20-/m1/s1. The third-order valence-corrected chi connectivity index (χ3v) is 7.03. The second-order valence-electron chi connectivity index (χ2n) is 8.23. The maximum Gasteiger partial charge on any atom is 0.317 e. The molecule has 5 atom stereocenters. The van der Waals surface area contributed by atoms with Gasteiger partial charge in [0, 0.05) is 12.0 Å². The molecular weight excluding hydrogens is 320 g/mol. The normalized spacial score (nSPS) is 42.6. The van der Waals surface area contributed by atoms with Crippen LogP contribution in [0.5, 0.6) is 0 Å². The Morgan fingerprint density at radius 1 is 1.16 bits per heavy atom. The Balaban J connectivity index is 1.66. The molecule has 1 spiro atoms. The van der Waals surface area contributed by atoms with E-state index in [0.717, 1.165) is 36.0 Å². The maximum absolute atomic E-state index is 13.1. The second-order valence-corrected chi connectivity index (χ2v) is 8.23. The predicted octanol–water partition coefficient (Wildman–Crippen LogP) is 3.71. The Labute approximate surface area is 146 Å². The fourth-order valence-corrected chi connectivity index (χ4v) is 5.69. The first-order chi connectivity index (χ1) is 12.0. The third-order valence-electron chi connectivity index (χ3n) is 7.03. The molecule has 5 heteroatoms. The highest BCUT2D eigenvalue weighted by molar-refractivity contribution is 5.89. The molecule has 0 N–H and O–H groups in total. The van der Waals surface area contributed by atoms with Gasteiger partial charge in [-0.05, 0) is 55.7 Å². The van der Waals surface area contributed by atoms with Crippen molar-refractivity contribution < 1.29 is 23.5 Å². The molecular formula is C20H22O5. The summed E-state index contributed by atoms with van der Waals surface area (Å²) in [7, 11) is 0. The Bertz CT molecular complexity index is 791. The maximum atomic E-state index is 13.1. The molecule has 2 aliphatic heterocycles. The Morgan fingerprint density at radius 3 is 2.72 bits per heavy atom. The molecule has 2 aliphatic carbocycles. The molecule has 0 aromatic carbocycles. The number of esters is 2. The number of cyclic esters (lactones) is 1. The van der Waals surface area contributed by atoms with Gasteiger partial charge in [-0.25, -0.2) is 0 Å². The molecule has 0 saturated carbocycles. The molecule has 0 amide bonds. The minimum absolute atomic E-state index is 0.0916. The van der Waals surface area contributed by atoms with E-state index in [9.17, 15) is 9.59 Å². The number of rotatable bonds is 1. The highest BCUT2D eigenvalue weighted by atomic mass is 16.6. The van der Waals surface area contributed by atoms with Crippen LogP contribution in [0.4, 0.5) is 0 Å². The highest BCUT2D eigenvalue weighted by Crippen LogP contribution is 2.63. The molecule has 4 aliphatic rings. The van der Waals surface area contributed by atoms with Gasteiger partial charge in [-0.2, -0.15) is 0 Å². The van der Waals surface area contributed by atoms with Crippen molar-refractivity contribution in [3.63, 3.8) is 0 Å². The minimum Gasteiger partial charge on any atom is -0.472 e. The average Bonchev–Trinajstić information content (AvgIpc) is 3.25. The second kappa shape index (κ2) is 4.77. The quantitative estimate of drug-likeness (QED) is 0.575. The number of carbonyl (C=O) groups excluding carboxylic acids is 2. The van der Waals surface area contributed by atoms with Crippen LogP contribution in [0.3, 0.4) is 0 Å². The van der Waals surface area contributed by atoms with Crippen LogP contribution in [-0.2, 0) is 19.1 Å². The Kier molecular flexibility index (Phi) is 2.91. The van der Waals surface area contributed by atoms with Gasteiger partial charge in [0.2, 0.25) is 0 Å². The Morgan fingerprint density at radius 2 is 1.96 bits per heavy atom. The molecule has 1 aromatic heterocycles. The highest BCUT2D eigenvalue weighted by Gasteiger charge is 2.64. The summed E-state index contributed by atoms with van der Waals surface area (Å²) in [4.78, 5) is 25.7. The lowest BCUT2D eigenvalue weighted by Crippen LogP contribution is -2.45. The lowest BCUT2D eigenvalue weighted by atomic mass is 9.55. The molecule has 5 rings (SSSR count). The number of fused-ring (bicyclic) bond motifs is 1.